The van der Waals surface area contributed by atoms with Gasteiger partial charge < -0.3 is 9.64 Å². The summed E-state index contributed by atoms with van der Waals surface area (Å²) in [6.07, 6.45) is 1.55. The van der Waals surface area contributed by atoms with Crippen molar-refractivity contribution in [2.24, 2.45) is 5.92 Å². The van der Waals surface area contributed by atoms with Gasteiger partial charge in [0.05, 0.1) is 12.7 Å². The maximum atomic E-state index is 12.7. The first-order valence-electron chi connectivity index (χ1n) is 8.71. The van der Waals surface area contributed by atoms with Gasteiger partial charge in [-0.05, 0) is 30.5 Å². The lowest BCUT2D eigenvalue weighted by Crippen LogP contribution is -2.48. The van der Waals surface area contributed by atoms with Gasteiger partial charge in [-0.1, -0.05) is 19.9 Å². The highest BCUT2D eigenvalue weighted by atomic mass is 16.5. The summed E-state index contributed by atoms with van der Waals surface area (Å²) in [7, 11) is 0. The Balaban J connectivity index is 1.87. The van der Waals surface area contributed by atoms with Crippen LogP contribution in [0, 0.1) is 17.2 Å². The van der Waals surface area contributed by atoms with Crippen LogP contribution in [0.3, 0.4) is 0 Å². The minimum Gasteiger partial charge on any atom is -0.494 e. The zero-order chi connectivity index (χ0) is 17.4. The van der Waals surface area contributed by atoms with E-state index in [0.29, 0.717) is 37.6 Å². The van der Waals surface area contributed by atoms with E-state index >= 15 is 0 Å². The van der Waals surface area contributed by atoms with Gasteiger partial charge in [-0.25, -0.2) is 0 Å². The highest BCUT2D eigenvalue weighted by molar-refractivity contribution is 5.94. The van der Waals surface area contributed by atoms with E-state index in [-0.39, 0.29) is 5.91 Å². The molecular formula is C19H27N3O2. The third-order valence-electron chi connectivity index (χ3n) is 4.24. The summed E-state index contributed by atoms with van der Waals surface area (Å²) in [6, 6.07) is 9.63. The van der Waals surface area contributed by atoms with Gasteiger partial charge in [0.2, 0.25) is 0 Å². The highest BCUT2D eigenvalue weighted by Crippen LogP contribution is 2.17. The summed E-state index contributed by atoms with van der Waals surface area (Å²) in [6.45, 7) is 8.88. The van der Waals surface area contributed by atoms with E-state index in [1.165, 1.54) is 0 Å². The van der Waals surface area contributed by atoms with Crippen LogP contribution in [0.25, 0.3) is 0 Å². The average Bonchev–Trinajstić information content (AvgIpc) is 2.60. The molecule has 0 N–H and O–H groups in total. The first kappa shape index (κ1) is 18.3. The van der Waals surface area contributed by atoms with Crippen molar-refractivity contribution in [2.75, 3.05) is 39.3 Å². The SMILES string of the molecule is CC(C)CCOc1cccc(C(=O)N2CCN(CCC#N)CC2)c1. The molecular weight excluding hydrogens is 302 g/mol. The quantitative estimate of drug-likeness (QED) is 0.772. The monoisotopic (exact) mass is 329 g/mol. The Morgan fingerprint density at radius 2 is 2.04 bits per heavy atom. The molecule has 0 saturated carbocycles. The Kier molecular flexibility index (Phi) is 7.07. The molecule has 1 aromatic rings. The van der Waals surface area contributed by atoms with Crippen LogP contribution in [0.4, 0.5) is 0 Å². The number of nitriles is 1. The first-order valence-corrected chi connectivity index (χ1v) is 8.71. The summed E-state index contributed by atoms with van der Waals surface area (Å²) in [5.74, 6) is 1.42. The van der Waals surface area contributed by atoms with Gasteiger partial charge in [-0.15, -0.1) is 0 Å². The van der Waals surface area contributed by atoms with Crippen molar-refractivity contribution in [3.05, 3.63) is 29.8 Å². The molecule has 5 heteroatoms. The third kappa shape index (κ3) is 5.54. The normalized spacial score (nSPS) is 15.3. The molecule has 2 rings (SSSR count). The van der Waals surface area contributed by atoms with Crippen molar-refractivity contribution in [3.63, 3.8) is 0 Å². The topological polar surface area (TPSA) is 56.6 Å². The number of rotatable bonds is 7. The summed E-state index contributed by atoms with van der Waals surface area (Å²) in [4.78, 5) is 16.8. The lowest BCUT2D eigenvalue weighted by Gasteiger charge is -2.34. The molecule has 1 aliphatic rings. The fraction of sp³-hybridized carbons (Fsp3) is 0.579. The molecule has 1 heterocycles. The van der Waals surface area contributed by atoms with Crippen LogP contribution in [0.1, 0.15) is 37.0 Å². The van der Waals surface area contributed by atoms with E-state index in [0.717, 1.165) is 31.8 Å². The standard InChI is InChI=1S/C19H27N3O2/c1-16(2)7-14-24-18-6-3-5-17(15-18)19(23)22-12-10-21(11-13-22)9-4-8-20/h3,5-6,15-16H,4,7,9-14H2,1-2H3. The van der Waals surface area contributed by atoms with Gasteiger partial charge >= 0.3 is 0 Å². The number of hydrogen-bond donors (Lipinski definition) is 0. The van der Waals surface area contributed by atoms with Crippen molar-refractivity contribution in [2.45, 2.75) is 26.7 Å². The van der Waals surface area contributed by atoms with Gasteiger partial charge in [0.15, 0.2) is 0 Å². The molecule has 130 valence electrons. The number of nitrogens with zero attached hydrogens (tertiary/aromatic N) is 3. The maximum absolute atomic E-state index is 12.7. The van der Waals surface area contributed by atoms with Crippen molar-refractivity contribution in [1.82, 2.24) is 9.80 Å². The molecule has 0 spiro atoms. The predicted octanol–water partition coefficient (Wildman–Crippen LogP) is 2.78. The molecule has 1 aliphatic heterocycles. The minimum absolute atomic E-state index is 0.0595. The van der Waals surface area contributed by atoms with E-state index in [1.807, 2.05) is 29.2 Å². The molecule has 1 fully saturated rings. The average molecular weight is 329 g/mol. The van der Waals surface area contributed by atoms with E-state index in [2.05, 4.69) is 24.8 Å². The second-order valence-corrected chi connectivity index (χ2v) is 6.60. The smallest absolute Gasteiger partial charge is 0.254 e. The van der Waals surface area contributed by atoms with E-state index < -0.39 is 0 Å². The van der Waals surface area contributed by atoms with Gasteiger partial charge in [-0.3, -0.25) is 9.69 Å². The zero-order valence-corrected chi connectivity index (χ0v) is 14.7. The number of ether oxygens (including phenoxy) is 1. The van der Waals surface area contributed by atoms with E-state index in [9.17, 15) is 4.79 Å². The summed E-state index contributed by atoms with van der Waals surface area (Å²) in [5.41, 5.74) is 0.683. The van der Waals surface area contributed by atoms with Gasteiger partial charge in [0.25, 0.3) is 5.91 Å². The number of carbonyl (C=O) groups is 1. The summed E-state index contributed by atoms with van der Waals surface area (Å²) >= 11 is 0. The van der Waals surface area contributed by atoms with Gasteiger partial charge in [0.1, 0.15) is 5.75 Å². The molecule has 1 aromatic carbocycles. The third-order valence-corrected chi connectivity index (χ3v) is 4.24. The Hall–Kier alpha value is -2.06. The highest BCUT2D eigenvalue weighted by Gasteiger charge is 2.22. The second-order valence-electron chi connectivity index (χ2n) is 6.60. The van der Waals surface area contributed by atoms with Gasteiger partial charge in [-0.2, -0.15) is 5.26 Å². The fourth-order valence-corrected chi connectivity index (χ4v) is 2.70. The Bertz CT molecular complexity index is 572. The van der Waals surface area contributed by atoms with Crippen molar-refractivity contribution in [1.29, 1.82) is 5.26 Å². The lowest BCUT2D eigenvalue weighted by molar-refractivity contribution is 0.0639. The van der Waals surface area contributed by atoms with Crippen LogP contribution in [0.15, 0.2) is 24.3 Å². The first-order chi connectivity index (χ1) is 11.6. The summed E-state index contributed by atoms with van der Waals surface area (Å²) < 4.78 is 5.75. The van der Waals surface area contributed by atoms with Crippen LogP contribution >= 0.6 is 0 Å². The maximum Gasteiger partial charge on any atom is 0.254 e. The van der Waals surface area contributed by atoms with Crippen LogP contribution in [0.5, 0.6) is 5.75 Å². The molecule has 1 amide bonds. The van der Waals surface area contributed by atoms with E-state index in [1.54, 1.807) is 0 Å². The summed E-state index contributed by atoms with van der Waals surface area (Å²) in [5, 5.41) is 8.65. The number of amides is 1. The van der Waals surface area contributed by atoms with Crippen LogP contribution in [-0.2, 0) is 0 Å². The fourth-order valence-electron chi connectivity index (χ4n) is 2.70. The number of hydrogen-bond acceptors (Lipinski definition) is 4. The molecule has 5 nitrogen and oxygen atoms in total. The Labute approximate surface area is 144 Å². The molecule has 24 heavy (non-hydrogen) atoms. The molecule has 0 unspecified atom stereocenters. The molecule has 0 bridgehead atoms. The van der Waals surface area contributed by atoms with Crippen molar-refractivity contribution in [3.8, 4) is 11.8 Å². The van der Waals surface area contributed by atoms with Crippen LogP contribution in [-0.4, -0.2) is 55.0 Å². The Morgan fingerprint density at radius 3 is 2.71 bits per heavy atom. The molecule has 1 saturated heterocycles. The van der Waals surface area contributed by atoms with Gasteiger partial charge in [0, 0.05) is 44.7 Å². The van der Waals surface area contributed by atoms with Crippen molar-refractivity contribution >= 4 is 5.91 Å². The lowest BCUT2D eigenvalue weighted by atomic mass is 10.1. The Morgan fingerprint density at radius 1 is 1.29 bits per heavy atom. The number of piperazine rings is 1. The zero-order valence-electron chi connectivity index (χ0n) is 14.7. The second kappa shape index (κ2) is 9.29. The molecule has 0 aliphatic carbocycles. The number of benzene rings is 1. The predicted molar refractivity (Wildman–Crippen MR) is 94.0 cm³/mol. The van der Waals surface area contributed by atoms with Crippen LogP contribution in [0.2, 0.25) is 0 Å². The largest absolute Gasteiger partial charge is 0.494 e. The van der Waals surface area contributed by atoms with E-state index in [4.69, 9.17) is 10.00 Å². The minimum atomic E-state index is 0.0595. The molecule has 0 radical (unpaired) electrons. The molecule has 0 atom stereocenters. The van der Waals surface area contributed by atoms with Crippen LogP contribution < -0.4 is 4.74 Å². The molecule has 0 aromatic heterocycles. The number of carbonyl (C=O) groups excluding carboxylic acids is 1. The van der Waals surface area contributed by atoms with Crippen molar-refractivity contribution < 1.29 is 9.53 Å².